The molecule has 17 heavy (non-hydrogen) atoms. The molecule has 0 saturated heterocycles. The molecule has 2 heteroatoms. The molecule has 1 aliphatic rings. The number of hydrogen-bond acceptors (Lipinski definition) is 2. The molecule has 1 aliphatic heterocycles. The van der Waals surface area contributed by atoms with E-state index in [1.165, 1.54) is 5.56 Å². The smallest absolute Gasteiger partial charge is 0.122 e. The Morgan fingerprint density at radius 2 is 2.06 bits per heavy atom. The first-order chi connectivity index (χ1) is 8.18. The van der Waals surface area contributed by atoms with Gasteiger partial charge in [0.15, 0.2) is 0 Å². The summed E-state index contributed by atoms with van der Waals surface area (Å²) in [6, 6.07) is 9.00. The van der Waals surface area contributed by atoms with E-state index in [0.29, 0.717) is 17.9 Å². The molecule has 0 radical (unpaired) electrons. The molecule has 2 unspecified atom stereocenters. The topological polar surface area (TPSA) is 21.3 Å². The van der Waals surface area contributed by atoms with Crippen LogP contribution in [0.4, 0.5) is 0 Å². The summed E-state index contributed by atoms with van der Waals surface area (Å²) in [7, 11) is 0. The number of hydrogen-bond donors (Lipinski definition) is 1. The van der Waals surface area contributed by atoms with Gasteiger partial charge in [-0.15, -0.1) is 0 Å². The second-order valence-electron chi connectivity index (χ2n) is 5.31. The summed E-state index contributed by atoms with van der Waals surface area (Å²) >= 11 is 0. The van der Waals surface area contributed by atoms with Crippen molar-refractivity contribution in [2.24, 2.45) is 5.92 Å². The van der Waals surface area contributed by atoms with Crippen LogP contribution in [0.15, 0.2) is 24.3 Å². The van der Waals surface area contributed by atoms with E-state index in [9.17, 15) is 0 Å². The Bertz CT molecular complexity index is 362. The fourth-order valence-corrected chi connectivity index (χ4v) is 2.19. The van der Waals surface area contributed by atoms with Gasteiger partial charge in [0, 0.05) is 18.5 Å². The molecule has 0 bridgehead atoms. The lowest BCUT2D eigenvalue weighted by Gasteiger charge is -2.28. The van der Waals surface area contributed by atoms with Crippen LogP contribution in [0.3, 0.4) is 0 Å². The fourth-order valence-electron chi connectivity index (χ4n) is 2.19. The molecule has 0 spiro atoms. The molecule has 2 nitrogen and oxygen atoms in total. The third-order valence-electron chi connectivity index (χ3n) is 3.77. The second-order valence-corrected chi connectivity index (χ2v) is 5.31. The maximum atomic E-state index is 5.68. The van der Waals surface area contributed by atoms with Gasteiger partial charge in [-0.1, -0.05) is 32.0 Å². The van der Waals surface area contributed by atoms with Crippen molar-refractivity contribution in [1.29, 1.82) is 0 Å². The maximum Gasteiger partial charge on any atom is 0.122 e. The van der Waals surface area contributed by atoms with Crippen molar-refractivity contribution in [2.45, 2.75) is 39.2 Å². The molecular weight excluding hydrogens is 210 g/mol. The van der Waals surface area contributed by atoms with E-state index in [1.54, 1.807) is 0 Å². The van der Waals surface area contributed by atoms with E-state index in [1.807, 2.05) is 6.07 Å². The summed E-state index contributed by atoms with van der Waals surface area (Å²) in [5.74, 6) is 2.36. The highest BCUT2D eigenvalue weighted by Gasteiger charge is 2.21. The van der Waals surface area contributed by atoms with Crippen LogP contribution in [-0.4, -0.2) is 19.2 Å². The summed E-state index contributed by atoms with van der Waals surface area (Å²) in [5.41, 5.74) is 1.36. The van der Waals surface area contributed by atoms with Gasteiger partial charge in [-0.3, -0.25) is 0 Å². The summed E-state index contributed by atoms with van der Waals surface area (Å²) < 4.78 is 5.68. The van der Waals surface area contributed by atoms with Gasteiger partial charge < -0.3 is 10.1 Å². The Morgan fingerprint density at radius 3 is 2.82 bits per heavy atom. The number of nitrogens with one attached hydrogen (secondary N) is 1. The molecule has 1 aromatic rings. The molecular formula is C15H23NO. The first-order valence-corrected chi connectivity index (χ1v) is 6.63. The van der Waals surface area contributed by atoms with E-state index in [0.717, 1.165) is 25.3 Å². The molecule has 0 amide bonds. The van der Waals surface area contributed by atoms with Gasteiger partial charge in [0.05, 0.1) is 6.61 Å². The predicted octanol–water partition coefficient (Wildman–Crippen LogP) is 3.19. The van der Waals surface area contributed by atoms with Gasteiger partial charge in [0.2, 0.25) is 0 Å². The van der Waals surface area contributed by atoms with E-state index < -0.39 is 0 Å². The summed E-state index contributed by atoms with van der Waals surface area (Å²) in [6.07, 6.45) is 1.12. The third-order valence-corrected chi connectivity index (χ3v) is 3.77. The van der Waals surface area contributed by atoms with Crippen molar-refractivity contribution in [3.05, 3.63) is 29.8 Å². The molecule has 1 heterocycles. The van der Waals surface area contributed by atoms with Crippen LogP contribution in [0.2, 0.25) is 0 Å². The van der Waals surface area contributed by atoms with Crippen molar-refractivity contribution in [3.63, 3.8) is 0 Å². The summed E-state index contributed by atoms with van der Waals surface area (Å²) in [6.45, 7) is 8.68. The average molecular weight is 233 g/mol. The highest BCUT2D eigenvalue weighted by Crippen LogP contribution is 2.32. The quantitative estimate of drug-likeness (QED) is 0.862. The van der Waals surface area contributed by atoms with Crippen LogP contribution < -0.4 is 10.1 Å². The zero-order valence-electron chi connectivity index (χ0n) is 11.1. The zero-order valence-corrected chi connectivity index (χ0v) is 11.1. The van der Waals surface area contributed by atoms with Crippen molar-refractivity contribution in [3.8, 4) is 5.75 Å². The van der Waals surface area contributed by atoms with Crippen LogP contribution in [0, 0.1) is 5.92 Å². The highest BCUT2D eigenvalue weighted by molar-refractivity contribution is 5.37. The molecule has 0 aromatic heterocycles. The Balaban J connectivity index is 1.99. The standard InChI is InChI=1S/C15H23NO/c1-11(2)12(3)16-10-13-8-9-17-15-7-5-4-6-14(13)15/h4-7,11-13,16H,8-10H2,1-3H3. The largest absolute Gasteiger partial charge is 0.493 e. The molecule has 1 N–H and O–H groups in total. The van der Waals surface area contributed by atoms with Gasteiger partial charge >= 0.3 is 0 Å². The number of fused-ring (bicyclic) bond motifs is 1. The van der Waals surface area contributed by atoms with Crippen LogP contribution in [-0.2, 0) is 0 Å². The molecule has 2 rings (SSSR count). The zero-order chi connectivity index (χ0) is 12.3. The monoisotopic (exact) mass is 233 g/mol. The van der Waals surface area contributed by atoms with Gasteiger partial charge in [0.25, 0.3) is 0 Å². The van der Waals surface area contributed by atoms with E-state index >= 15 is 0 Å². The number of rotatable bonds is 4. The van der Waals surface area contributed by atoms with Gasteiger partial charge in [-0.05, 0) is 30.9 Å². The molecule has 94 valence electrons. The summed E-state index contributed by atoms with van der Waals surface area (Å²) in [4.78, 5) is 0. The van der Waals surface area contributed by atoms with Gasteiger partial charge in [-0.25, -0.2) is 0 Å². The molecule has 1 aromatic carbocycles. The fraction of sp³-hybridized carbons (Fsp3) is 0.600. The highest BCUT2D eigenvalue weighted by atomic mass is 16.5. The minimum absolute atomic E-state index is 0.574. The first kappa shape index (κ1) is 12.4. The first-order valence-electron chi connectivity index (χ1n) is 6.63. The Labute approximate surface area is 104 Å². The minimum Gasteiger partial charge on any atom is -0.493 e. The van der Waals surface area contributed by atoms with Crippen LogP contribution in [0.25, 0.3) is 0 Å². The van der Waals surface area contributed by atoms with Crippen LogP contribution in [0.1, 0.15) is 38.7 Å². The van der Waals surface area contributed by atoms with Crippen molar-refractivity contribution >= 4 is 0 Å². The normalized spacial score (nSPS) is 20.8. The Kier molecular flexibility index (Phi) is 4.06. The van der Waals surface area contributed by atoms with Crippen LogP contribution in [0.5, 0.6) is 5.75 Å². The number of benzene rings is 1. The molecule has 0 saturated carbocycles. The molecule has 2 atom stereocenters. The Hall–Kier alpha value is -1.02. The van der Waals surface area contributed by atoms with Gasteiger partial charge in [-0.2, -0.15) is 0 Å². The van der Waals surface area contributed by atoms with E-state index in [2.05, 4.69) is 44.3 Å². The van der Waals surface area contributed by atoms with Crippen LogP contribution >= 0.6 is 0 Å². The SMILES string of the molecule is CC(C)C(C)NCC1CCOc2ccccc21. The Morgan fingerprint density at radius 1 is 1.29 bits per heavy atom. The molecule has 0 fully saturated rings. The maximum absolute atomic E-state index is 5.68. The van der Waals surface area contributed by atoms with Crippen molar-refractivity contribution in [1.82, 2.24) is 5.32 Å². The lowest BCUT2D eigenvalue weighted by atomic mass is 9.92. The average Bonchev–Trinajstić information content (AvgIpc) is 2.35. The minimum atomic E-state index is 0.574. The summed E-state index contributed by atoms with van der Waals surface area (Å²) in [5, 5.41) is 3.64. The lowest BCUT2D eigenvalue weighted by molar-refractivity contribution is 0.260. The third kappa shape index (κ3) is 3.01. The van der Waals surface area contributed by atoms with E-state index in [4.69, 9.17) is 4.74 Å². The number of para-hydroxylation sites is 1. The lowest BCUT2D eigenvalue weighted by Crippen LogP contribution is -2.35. The second kappa shape index (κ2) is 5.54. The molecule has 0 aliphatic carbocycles. The van der Waals surface area contributed by atoms with Crippen molar-refractivity contribution in [2.75, 3.05) is 13.2 Å². The van der Waals surface area contributed by atoms with Crippen molar-refractivity contribution < 1.29 is 4.74 Å². The van der Waals surface area contributed by atoms with Gasteiger partial charge in [0.1, 0.15) is 5.75 Å². The number of ether oxygens (including phenoxy) is 1. The van der Waals surface area contributed by atoms with E-state index in [-0.39, 0.29) is 0 Å². The predicted molar refractivity (Wildman–Crippen MR) is 71.6 cm³/mol.